The largest absolute Gasteiger partial charge is 0.399 e. The van der Waals surface area contributed by atoms with Crippen LogP contribution in [0.25, 0.3) is 0 Å². The first-order valence-electron chi connectivity index (χ1n) is 7.63. The van der Waals surface area contributed by atoms with Crippen LogP contribution in [0.5, 0.6) is 0 Å². The molecule has 0 bridgehead atoms. The van der Waals surface area contributed by atoms with Crippen molar-refractivity contribution in [2.75, 3.05) is 32.1 Å². The molecule has 0 aliphatic heterocycles. The minimum Gasteiger partial charge on any atom is -0.399 e. The normalized spacial score (nSPS) is 14.3. The lowest BCUT2D eigenvalue weighted by Gasteiger charge is -2.34. The summed E-state index contributed by atoms with van der Waals surface area (Å²) in [5.74, 6) is 5.76. The van der Waals surface area contributed by atoms with E-state index < -0.39 is 12.1 Å². The van der Waals surface area contributed by atoms with Crippen LogP contribution in [-0.2, 0) is 19.1 Å². The van der Waals surface area contributed by atoms with E-state index >= 15 is 0 Å². The Morgan fingerprint density at radius 1 is 1.38 bits per heavy atom. The van der Waals surface area contributed by atoms with Crippen LogP contribution in [0.1, 0.15) is 6.92 Å². The van der Waals surface area contributed by atoms with Crippen LogP contribution in [-0.4, -0.2) is 77.9 Å². The monoisotopic (exact) mass is 435 g/mol. The van der Waals surface area contributed by atoms with Crippen molar-refractivity contribution in [1.82, 2.24) is 15.2 Å². The maximum absolute atomic E-state index is 11.3. The van der Waals surface area contributed by atoms with Crippen molar-refractivity contribution in [3.8, 4) is 0 Å². The second-order valence-corrected chi connectivity index (χ2v) is 5.94. The molecule has 0 aliphatic carbocycles. The molecule has 26 heavy (non-hydrogen) atoms. The number of nitrogens with one attached hydrogen (secondary N) is 1. The van der Waals surface area contributed by atoms with Gasteiger partial charge in [-0.15, -0.1) is 0 Å². The lowest BCUT2D eigenvalue weighted by atomic mass is 10.1. The van der Waals surface area contributed by atoms with Crippen LogP contribution >= 0.6 is 15.9 Å². The predicted octanol–water partition coefficient (Wildman–Crippen LogP) is -1.59. The van der Waals surface area contributed by atoms with E-state index in [0.29, 0.717) is 18.3 Å². The molecule has 0 heterocycles. The molecule has 0 aromatic carbocycles. The summed E-state index contributed by atoms with van der Waals surface area (Å²) in [5, 5.41) is 13.4. The number of hydrogen-bond donors (Lipinski definition) is 4. The van der Waals surface area contributed by atoms with Gasteiger partial charge < -0.3 is 30.8 Å². The van der Waals surface area contributed by atoms with Gasteiger partial charge in [-0.05, 0) is 6.92 Å². The quantitative estimate of drug-likeness (QED) is 0.0887. The maximum Gasteiger partial charge on any atom is 0.230 e. The van der Waals surface area contributed by atoms with Gasteiger partial charge in [-0.3, -0.25) is 14.4 Å². The number of hydrazine groups is 1. The number of carbonyl (C=O) groups excluding carboxylic acids is 3. The lowest BCUT2D eigenvalue weighted by Crippen LogP contribution is -2.52. The number of aliphatic hydroxyl groups excluding tert-OH is 1. The second kappa shape index (κ2) is 13.3. The number of nitrogens with two attached hydrogens (primary N) is 2. The highest BCUT2D eigenvalue weighted by Gasteiger charge is 2.26. The number of allylic oxidation sites excluding steroid dienone is 1. The average molecular weight is 436 g/mol. The molecule has 0 aliphatic rings. The Labute approximate surface area is 160 Å². The van der Waals surface area contributed by atoms with Gasteiger partial charge in [0, 0.05) is 37.3 Å². The summed E-state index contributed by atoms with van der Waals surface area (Å²) in [6.07, 6.45) is 3.14. The summed E-state index contributed by atoms with van der Waals surface area (Å²) in [6.45, 7) is 1.29. The minimum absolute atomic E-state index is 0.0295. The van der Waals surface area contributed by atoms with Crippen LogP contribution in [0.4, 0.5) is 0 Å². The average Bonchev–Trinajstić information content (AvgIpc) is 2.64. The number of nitrogens with zero attached hydrogens (tertiary/aromatic N) is 2. The number of alkyl halides is 1. The zero-order chi connectivity index (χ0) is 20.1. The standard InChI is InChI=1S/C15H26BrN5O5/c1-11(8-22)5-20(10-24)7-13(14(9-23)26-2)21(18)6-12(17)4-19-15(25)3-16/h5-6,8,10,13-14,23H,3-4,7,9,17-18H2,1-2H3,(H,19,25)/b11-5-,12-6-. The van der Waals surface area contributed by atoms with Gasteiger partial charge in [0.2, 0.25) is 12.3 Å². The Balaban J connectivity index is 5.30. The third-order valence-corrected chi connectivity index (χ3v) is 3.82. The van der Waals surface area contributed by atoms with Crippen molar-refractivity contribution in [2.45, 2.75) is 19.1 Å². The van der Waals surface area contributed by atoms with Gasteiger partial charge in [0.1, 0.15) is 12.4 Å². The van der Waals surface area contributed by atoms with E-state index in [2.05, 4.69) is 21.2 Å². The minimum atomic E-state index is -0.728. The summed E-state index contributed by atoms with van der Waals surface area (Å²) in [4.78, 5) is 34.5. The molecule has 2 unspecified atom stereocenters. The summed E-state index contributed by atoms with van der Waals surface area (Å²) < 4.78 is 5.21. The highest BCUT2D eigenvalue weighted by Crippen LogP contribution is 2.09. The number of methoxy groups -OCH3 is 1. The molecule has 148 valence electrons. The third-order valence-electron chi connectivity index (χ3n) is 3.31. The predicted molar refractivity (Wildman–Crippen MR) is 99.4 cm³/mol. The van der Waals surface area contributed by atoms with E-state index in [0.717, 1.165) is 0 Å². The van der Waals surface area contributed by atoms with Crippen LogP contribution in [0.3, 0.4) is 0 Å². The lowest BCUT2D eigenvalue weighted by molar-refractivity contribution is -0.118. The van der Waals surface area contributed by atoms with Crippen molar-refractivity contribution < 1.29 is 24.2 Å². The Morgan fingerprint density at radius 2 is 2.04 bits per heavy atom. The summed E-state index contributed by atoms with van der Waals surface area (Å²) >= 11 is 3.02. The fraction of sp³-hybridized carbons (Fsp3) is 0.533. The van der Waals surface area contributed by atoms with E-state index in [4.69, 9.17) is 16.3 Å². The van der Waals surface area contributed by atoms with Crippen LogP contribution < -0.4 is 16.9 Å². The molecule has 0 aromatic rings. The van der Waals surface area contributed by atoms with Crippen LogP contribution in [0.15, 0.2) is 23.7 Å². The second-order valence-electron chi connectivity index (χ2n) is 5.38. The van der Waals surface area contributed by atoms with E-state index in [-0.39, 0.29) is 36.6 Å². The van der Waals surface area contributed by atoms with E-state index in [1.54, 1.807) is 6.92 Å². The van der Waals surface area contributed by atoms with Gasteiger partial charge in [0.25, 0.3) is 0 Å². The highest BCUT2D eigenvalue weighted by molar-refractivity contribution is 9.09. The van der Waals surface area contributed by atoms with E-state index in [9.17, 15) is 19.5 Å². The smallest absolute Gasteiger partial charge is 0.230 e. The number of hydrogen-bond acceptors (Lipinski definition) is 8. The van der Waals surface area contributed by atoms with Crippen LogP contribution in [0.2, 0.25) is 0 Å². The fourth-order valence-corrected chi connectivity index (χ4v) is 2.17. The fourth-order valence-electron chi connectivity index (χ4n) is 1.97. The molecule has 0 rings (SSSR count). The van der Waals surface area contributed by atoms with Crippen LogP contribution in [0, 0.1) is 0 Å². The molecule has 2 amide bonds. The third kappa shape index (κ3) is 8.94. The summed E-state index contributed by atoms with van der Waals surface area (Å²) in [5.41, 5.74) is 6.43. The van der Waals surface area contributed by atoms with Gasteiger partial charge in [-0.2, -0.15) is 0 Å². The van der Waals surface area contributed by atoms with Gasteiger partial charge in [0.05, 0.1) is 24.5 Å². The van der Waals surface area contributed by atoms with E-state index in [1.807, 2.05) is 0 Å². The van der Waals surface area contributed by atoms with Crippen molar-refractivity contribution in [2.24, 2.45) is 11.6 Å². The van der Waals surface area contributed by atoms with Gasteiger partial charge in [0.15, 0.2) is 0 Å². The molecular weight excluding hydrogens is 410 g/mol. The maximum atomic E-state index is 11.3. The Hall–Kier alpha value is -1.95. The number of ether oxygens (including phenoxy) is 1. The molecule has 2 atom stereocenters. The highest BCUT2D eigenvalue weighted by atomic mass is 79.9. The first-order valence-corrected chi connectivity index (χ1v) is 8.75. The number of carbonyl (C=O) groups is 3. The Morgan fingerprint density at radius 3 is 2.50 bits per heavy atom. The topological polar surface area (TPSA) is 151 Å². The number of aldehydes is 1. The SMILES string of the molecule is COC(CO)C(CN(C=O)/C=C(/C)C=O)N(N)/C=C(\N)CNC(=O)CBr. The first kappa shape index (κ1) is 24.1. The molecule has 10 nitrogen and oxygen atoms in total. The molecule has 0 saturated carbocycles. The Bertz CT molecular complexity index is 525. The molecule has 11 heteroatoms. The number of halogens is 1. The van der Waals surface area contributed by atoms with Crippen molar-refractivity contribution >= 4 is 34.5 Å². The van der Waals surface area contributed by atoms with Crippen molar-refractivity contribution in [3.63, 3.8) is 0 Å². The Kier molecular flexibility index (Phi) is 12.3. The molecule has 0 fully saturated rings. The van der Waals surface area contributed by atoms with Gasteiger partial charge in [-0.25, -0.2) is 5.84 Å². The van der Waals surface area contributed by atoms with E-state index in [1.165, 1.54) is 29.4 Å². The zero-order valence-electron chi connectivity index (χ0n) is 14.8. The first-order chi connectivity index (χ1) is 12.3. The zero-order valence-corrected chi connectivity index (χ0v) is 16.4. The van der Waals surface area contributed by atoms with Crippen molar-refractivity contribution in [1.29, 1.82) is 0 Å². The molecule has 0 saturated heterocycles. The molecule has 0 radical (unpaired) electrons. The number of amides is 2. The number of rotatable bonds is 13. The molecule has 0 spiro atoms. The van der Waals surface area contributed by atoms with Gasteiger partial charge >= 0.3 is 0 Å². The van der Waals surface area contributed by atoms with Crippen molar-refractivity contribution in [3.05, 3.63) is 23.7 Å². The van der Waals surface area contributed by atoms with Gasteiger partial charge in [-0.1, -0.05) is 15.9 Å². The molecule has 6 N–H and O–H groups in total. The summed E-state index contributed by atoms with van der Waals surface area (Å²) in [7, 11) is 1.39. The molecular formula is C15H26BrN5O5. The number of aliphatic hydroxyl groups is 1. The summed E-state index contributed by atoms with van der Waals surface area (Å²) in [6, 6.07) is -0.670. The molecule has 0 aromatic heterocycles.